The Morgan fingerprint density at radius 3 is 2.29 bits per heavy atom. The van der Waals surface area contributed by atoms with E-state index in [9.17, 15) is 0 Å². The molecule has 0 aliphatic carbocycles. The van der Waals surface area contributed by atoms with Crippen molar-refractivity contribution in [3.63, 3.8) is 0 Å². The maximum absolute atomic E-state index is 5.34. The van der Waals surface area contributed by atoms with E-state index in [-0.39, 0.29) is 0 Å². The molecule has 2 aromatic carbocycles. The van der Waals surface area contributed by atoms with E-state index in [1.165, 1.54) is 42.6 Å². The Morgan fingerprint density at radius 2 is 1.64 bits per heavy atom. The van der Waals surface area contributed by atoms with Crippen molar-refractivity contribution in [1.29, 1.82) is 0 Å². The standard InChI is InChI=1S/C24H35N3O/c1-25(2)16-17-26(3)23-12-14-27(15-13-23)19-20-8-10-21(11-9-20)22-6-5-7-24(18-22)28-4/h5-11,18,23H,12-17,19H2,1-4H3. The number of piperidine rings is 1. The highest BCUT2D eigenvalue weighted by Crippen LogP contribution is 2.25. The topological polar surface area (TPSA) is 19.0 Å². The minimum absolute atomic E-state index is 0.728. The molecule has 0 N–H and O–H groups in total. The molecule has 1 heterocycles. The van der Waals surface area contributed by atoms with E-state index in [0.29, 0.717) is 0 Å². The SMILES string of the molecule is COc1cccc(-c2ccc(CN3CCC(N(C)CCN(C)C)CC3)cc2)c1. The van der Waals surface area contributed by atoms with Crippen LogP contribution in [-0.4, -0.2) is 75.2 Å². The van der Waals surface area contributed by atoms with Crippen molar-refractivity contribution in [3.8, 4) is 16.9 Å². The lowest BCUT2D eigenvalue weighted by molar-refractivity contribution is 0.118. The highest BCUT2D eigenvalue weighted by molar-refractivity contribution is 5.65. The Labute approximate surface area is 170 Å². The van der Waals surface area contributed by atoms with Crippen molar-refractivity contribution in [1.82, 2.24) is 14.7 Å². The second-order valence-corrected chi connectivity index (χ2v) is 8.22. The average molecular weight is 382 g/mol. The summed E-state index contributed by atoms with van der Waals surface area (Å²) in [4.78, 5) is 7.40. The average Bonchev–Trinajstić information content (AvgIpc) is 2.73. The van der Waals surface area contributed by atoms with Crippen LogP contribution < -0.4 is 4.74 Å². The number of ether oxygens (including phenoxy) is 1. The van der Waals surface area contributed by atoms with Gasteiger partial charge in [-0.05, 0) is 75.9 Å². The van der Waals surface area contributed by atoms with Gasteiger partial charge in [0.1, 0.15) is 5.75 Å². The van der Waals surface area contributed by atoms with Crippen LogP contribution in [0.2, 0.25) is 0 Å². The van der Waals surface area contributed by atoms with Crippen molar-refractivity contribution in [3.05, 3.63) is 54.1 Å². The number of hydrogen-bond donors (Lipinski definition) is 0. The molecule has 1 aliphatic rings. The summed E-state index contributed by atoms with van der Waals surface area (Å²) >= 11 is 0. The minimum atomic E-state index is 0.728. The Morgan fingerprint density at radius 1 is 0.929 bits per heavy atom. The zero-order chi connectivity index (χ0) is 19.9. The van der Waals surface area contributed by atoms with Crippen molar-refractivity contribution >= 4 is 0 Å². The number of methoxy groups -OCH3 is 1. The second-order valence-electron chi connectivity index (χ2n) is 8.22. The molecule has 4 nitrogen and oxygen atoms in total. The van der Waals surface area contributed by atoms with Gasteiger partial charge in [0, 0.05) is 25.7 Å². The molecule has 2 aromatic rings. The van der Waals surface area contributed by atoms with E-state index >= 15 is 0 Å². The summed E-state index contributed by atoms with van der Waals surface area (Å²) in [5.74, 6) is 0.903. The Hall–Kier alpha value is -1.88. The summed E-state index contributed by atoms with van der Waals surface area (Å²) in [6, 6.07) is 18.0. The van der Waals surface area contributed by atoms with Gasteiger partial charge in [-0.3, -0.25) is 4.90 Å². The van der Waals surface area contributed by atoms with Gasteiger partial charge in [-0.15, -0.1) is 0 Å². The molecular weight excluding hydrogens is 346 g/mol. The van der Waals surface area contributed by atoms with Crippen LogP contribution in [-0.2, 0) is 6.54 Å². The molecular formula is C24H35N3O. The molecule has 0 atom stereocenters. The Balaban J connectivity index is 1.50. The van der Waals surface area contributed by atoms with Crippen LogP contribution in [0.15, 0.2) is 48.5 Å². The first-order valence-corrected chi connectivity index (χ1v) is 10.4. The van der Waals surface area contributed by atoms with E-state index < -0.39 is 0 Å². The van der Waals surface area contributed by atoms with Crippen LogP contribution in [0, 0.1) is 0 Å². The molecule has 0 aromatic heterocycles. The number of benzene rings is 2. The molecule has 1 fully saturated rings. The van der Waals surface area contributed by atoms with Crippen LogP contribution >= 0.6 is 0 Å². The van der Waals surface area contributed by atoms with E-state index in [0.717, 1.165) is 31.4 Å². The van der Waals surface area contributed by atoms with Gasteiger partial charge < -0.3 is 14.5 Å². The first kappa shape index (κ1) is 20.8. The van der Waals surface area contributed by atoms with Gasteiger partial charge in [0.25, 0.3) is 0 Å². The summed E-state index contributed by atoms with van der Waals surface area (Å²) in [7, 11) is 8.29. The number of rotatable bonds is 8. The summed E-state index contributed by atoms with van der Waals surface area (Å²) < 4.78 is 5.34. The maximum atomic E-state index is 5.34. The fraction of sp³-hybridized carbons (Fsp3) is 0.500. The van der Waals surface area contributed by atoms with Gasteiger partial charge in [0.15, 0.2) is 0 Å². The maximum Gasteiger partial charge on any atom is 0.119 e. The fourth-order valence-corrected chi connectivity index (χ4v) is 3.92. The van der Waals surface area contributed by atoms with Gasteiger partial charge in [-0.25, -0.2) is 0 Å². The lowest BCUT2D eigenvalue weighted by Crippen LogP contribution is -2.44. The lowest BCUT2D eigenvalue weighted by atomic mass is 10.0. The molecule has 0 radical (unpaired) electrons. The highest BCUT2D eigenvalue weighted by atomic mass is 16.5. The molecule has 152 valence electrons. The predicted molar refractivity (Wildman–Crippen MR) is 118 cm³/mol. The van der Waals surface area contributed by atoms with Gasteiger partial charge in [-0.2, -0.15) is 0 Å². The second kappa shape index (κ2) is 10.1. The van der Waals surface area contributed by atoms with Crippen LogP contribution in [0.4, 0.5) is 0 Å². The molecule has 3 rings (SSSR count). The van der Waals surface area contributed by atoms with Crippen LogP contribution in [0.1, 0.15) is 18.4 Å². The highest BCUT2D eigenvalue weighted by Gasteiger charge is 2.22. The van der Waals surface area contributed by atoms with Gasteiger partial charge in [-0.1, -0.05) is 36.4 Å². The quantitative estimate of drug-likeness (QED) is 0.692. The number of hydrogen-bond acceptors (Lipinski definition) is 4. The van der Waals surface area contributed by atoms with Gasteiger partial charge >= 0.3 is 0 Å². The molecule has 0 unspecified atom stereocenters. The first-order valence-electron chi connectivity index (χ1n) is 10.4. The summed E-state index contributed by atoms with van der Waals surface area (Å²) in [6.07, 6.45) is 2.54. The number of likely N-dealkylation sites (N-methyl/N-ethyl adjacent to an activating group) is 2. The van der Waals surface area contributed by atoms with Crippen molar-refractivity contribution in [2.75, 3.05) is 54.4 Å². The van der Waals surface area contributed by atoms with Crippen LogP contribution in [0.5, 0.6) is 5.75 Å². The molecule has 1 saturated heterocycles. The third kappa shape index (κ3) is 5.81. The molecule has 1 aliphatic heterocycles. The number of nitrogens with zero attached hydrogens (tertiary/aromatic N) is 3. The van der Waals surface area contributed by atoms with E-state index in [4.69, 9.17) is 4.74 Å². The monoisotopic (exact) mass is 381 g/mol. The first-order chi connectivity index (χ1) is 13.5. The fourth-order valence-electron chi connectivity index (χ4n) is 3.92. The van der Waals surface area contributed by atoms with E-state index in [2.05, 4.69) is 72.2 Å². The zero-order valence-corrected chi connectivity index (χ0v) is 17.9. The molecule has 0 bridgehead atoms. The normalized spacial score (nSPS) is 16.1. The molecule has 28 heavy (non-hydrogen) atoms. The summed E-state index contributed by atoms with van der Waals surface area (Å²) in [5, 5.41) is 0. The smallest absolute Gasteiger partial charge is 0.119 e. The zero-order valence-electron chi connectivity index (χ0n) is 17.9. The predicted octanol–water partition coefficient (Wildman–Crippen LogP) is 3.82. The number of likely N-dealkylation sites (tertiary alicyclic amines) is 1. The molecule has 0 amide bonds. The minimum Gasteiger partial charge on any atom is -0.497 e. The summed E-state index contributed by atoms with van der Waals surface area (Å²) in [6.45, 7) is 5.72. The lowest BCUT2D eigenvalue weighted by Gasteiger charge is -2.37. The third-order valence-corrected chi connectivity index (χ3v) is 5.84. The van der Waals surface area contributed by atoms with Crippen molar-refractivity contribution in [2.45, 2.75) is 25.4 Å². The van der Waals surface area contributed by atoms with E-state index in [1.807, 2.05) is 12.1 Å². The third-order valence-electron chi connectivity index (χ3n) is 5.84. The molecule has 4 heteroatoms. The molecule has 0 spiro atoms. The Bertz CT molecular complexity index is 721. The van der Waals surface area contributed by atoms with Crippen molar-refractivity contribution in [2.24, 2.45) is 0 Å². The van der Waals surface area contributed by atoms with Crippen LogP contribution in [0.3, 0.4) is 0 Å². The van der Waals surface area contributed by atoms with E-state index in [1.54, 1.807) is 7.11 Å². The van der Waals surface area contributed by atoms with Crippen molar-refractivity contribution < 1.29 is 4.74 Å². The largest absolute Gasteiger partial charge is 0.497 e. The van der Waals surface area contributed by atoms with Gasteiger partial charge in [0.05, 0.1) is 7.11 Å². The van der Waals surface area contributed by atoms with Crippen LogP contribution in [0.25, 0.3) is 11.1 Å². The molecule has 0 saturated carbocycles. The van der Waals surface area contributed by atoms with Gasteiger partial charge in [0.2, 0.25) is 0 Å². The Kier molecular flexibility index (Phi) is 7.49. The summed E-state index contributed by atoms with van der Waals surface area (Å²) in [5.41, 5.74) is 3.84.